The highest BCUT2D eigenvalue weighted by molar-refractivity contribution is 6.35. The normalized spacial score (nSPS) is 12.5. The second-order valence-corrected chi connectivity index (χ2v) is 8.34. The number of carbonyl (C=O) groups excluding carboxylic acids is 1. The number of nitrogens with zero attached hydrogens (tertiary/aromatic N) is 2. The van der Waals surface area contributed by atoms with Crippen LogP contribution in [0.15, 0.2) is 41.2 Å². The quantitative estimate of drug-likeness (QED) is 0.622. The Balaban J connectivity index is 2.21. The van der Waals surface area contributed by atoms with Crippen molar-refractivity contribution < 1.29 is 18.7 Å². The minimum absolute atomic E-state index is 0.0395. The van der Waals surface area contributed by atoms with Crippen molar-refractivity contribution in [2.24, 2.45) is 0 Å². The number of hydrogen-bond donors (Lipinski definition) is 1. The Bertz CT molecular complexity index is 1200. The first kappa shape index (κ1) is 22.6. The highest BCUT2D eigenvalue weighted by atomic mass is 35.5. The molecule has 9 heteroatoms. The first-order valence-corrected chi connectivity index (χ1v) is 9.94. The molecule has 3 rings (SSSR count). The molecule has 1 N–H and O–H groups in total. The molecule has 0 unspecified atom stereocenters. The molecule has 1 aromatic heterocycles. The number of amides is 1. The van der Waals surface area contributed by atoms with E-state index in [1.165, 1.54) is 29.9 Å². The highest BCUT2D eigenvalue weighted by Gasteiger charge is 2.24. The molecule has 0 radical (unpaired) electrons. The van der Waals surface area contributed by atoms with Gasteiger partial charge in [0.1, 0.15) is 11.4 Å². The summed E-state index contributed by atoms with van der Waals surface area (Å²) in [7, 11) is 1.33. The van der Waals surface area contributed by atoms with E-state index in [0.29, 0.717) is 11.2 Å². The van der Waals surface area contributed by atoms with E-state index in [1.54, 1.807) is 45.9 Å². The standard InChI is InChI=1S/C22H23ClFN3O4/c1-12(25-21(29)31-22(2,3)4)19-26-16-8-6-7-14(23)18(16)20(28)27(19)13-9-10-15(24)17(11-13)30-5/h6-12H,1-5H3,(H,25,29)/t12-/m0/s1. The summed E-state index contributed by atoms with van der Waals surface area (Å²) in [6.45, 7) is 6.90. The first-order valence-electron chi connectivity index (χ1n) is 9.56. The van der Waals surface area contributed by atoms with Gasteiger partial charge in [-0.2, -0.15) is 0 Å². The number of ether oxygens (including phenoxy) is 2. The molecule has 0 saturated heterocycles. The number of alkyl carbamates (subject to hydrolysis) is 1. The van der Waals surface area contributed by atoms with E-state index >= 15 is 0 Å². The topological polar surface area (TPSA) is 82.4 Å². The van der Waals surface area contributed by atoms with Crippen molar-refractivity contribution >= 4 is 28.6 Å². The molecule has 0 bridgehead atoms. The number of benzene rings is 2. The number of carbonyl (C=O) groups is 1. The SMILES string of the molecule is COc1cc(-n2c([C@H](C)NC(=O)OC(C)(C)C)nc3cccc(Cl)c3c2=O)ccc1F. The van der Waals surface area contributed by atoms with Crippen LogP contribution in [0.2, 0.25) is 5.02 Å². The zero-order chi connectivity index (χ0) is 22.9. The summed E-state index contributed by atoms with van der Waals surface area (Å²) < 4.78 is 25.6. The van der Waals surface area contributed by atoms with Crippen LogP contribution in [0.5, 0.6) is 5.75 Å². The highest BCUT2D eigenvalue weighted by Crippen LogP contribution is 2.26. The predicted molar refractivity (Wildman–Crippen MR) is 117 cm³/mol. The van der Waals surface area contributed by atoms with Crippen molar-refractivity contribution in [3.05, 3.63) is 63.4 Å². The molecule has 31 heavy (non-hydrogen) atoms. The Kier molecular flexibility index (Phi) is 6.22. The van der Waals surface area contributed by atoms with Gasteiger partial charge in [0.15, 0.2) is 11.6 Å². The van der Waals surface area contributed by atoms with Gasteiger partial charge in [0, 0.05) is 6.07 Å². The second-order valence-electron chi connectivity index (χ2n) is 7.93. The van der Waals surface area contributed by atoms with Crippen LogP contribution in [0.25, 0.3) is 16.6 Å². The van der Waals surface area contributed by atoms with Crippen molar-refractivity contribution in [2.75, 3.05) is 7.11 Å². The van der Waals surface area contributed by atoms with Gasteiger partial charge in [-0.3, -0.25) is 9.36 Å². The van der Waals surface area contributed by atoms with Gasteiger partial charge < -0.3 is 14.8 Å². The molecule has 1 heterocycles. The number of fused-ring (bicyclic) bond motifs is 1. The third kappa shape index (κ3) is 4.80. The van der Waals surface area contributed by atoms with E-state index in [-0.39, 0.29) is 22.0 Å². The zero-order valence-corrected chi connectivity index (χ0v) is 18.6. The van der Waals surface area contributed by atoms with Crippen molar-refractivity contribution in [3.63, 3.8) is 0 Å². The molecule has 0 spiro atoms. The van der Waals surface area contributed by atoms with Crippen molar-refractivity contribution in [3.8, 4) is 11.4 Å². The number of halogens is 2. The van der Waals surface area contributed by atoms with Crippen molar-refractivity contribution in [1.82, 2.24) is 14.9 Å². The van der Waals surface area contributed by atoms with E-state index in [9.17, 15) is 14.0 Å². The van der Waals surface area contributed by atoms with Crippen LogP contribution < -0.4 is 15.6 Å². The monoisotopic (exact) mass is 447 g/mol. The molecular formula is C22H23ClFN3O4. The summed E-state index contributed by atoms with van der Waals surface area (Å²) in [6.07, 6.45) is -0.663. The Morgan fingerprint density at radius 2 is 1.97 bits per heavy atom. The summed E-state index contributed by atoms with van der Waals surface area (Å²) in [6, 6.07) is 8.19. The summed E-state index contributed by atoms with van der Waals surface area (Å²) in [5.74, 6) is -0.394. The van der Waals surface area contributed by atoms with E-state index in [2.05, 4.69) is 10.3 Å². The molecule has 0 fully saturated rings. The van der Waals surface area contributed by atoms with Gasteiger partial charge in [-0.1, -0.05) is 17.7 Å². The molecule has 0 aliphatic carbocycles. The number of methoxy groups -OCH3 is 1. The van der Waals surface area contributed by atoms with Gasteiger partial charge in [0.2, 0.25) is 0 Å². The zero-order valence-electron chi connectivity index (χ0n) is 17.8. The predicted octanol–water partition coefficient (Wildman–Crippen LogP) is 4.77. The molecule has 0 aliphatic heterocycles. The molecular weight excluding hydrogens is 425 g/mol. The van der Waals surface area contributed by atoms with Gasteiger partial charge in [0.25, 0.3) is 5.56 Å². The Labute approximate surface area is 183 Å². The van der Waals surface area contributed by atoms with Crippen LogP contribution in [-0.2, 0) is 4.74 Å². The van der Waals surface area contributed by atoms with E-state index < -0.39 is 29.1 Å². The summed E-state index contributed by atoms with van der Waals surface area (Å²) in [5, 5.41) is 3.13. The largest absolute Gasteiger partial charge is 0.494 e. The second kappa shape index (κ2) is 8.55. The van der Waals surface area contributed by atoms with E-state index in [0.717, 1.165) is 0 Å². The Morgan fingerprint density at radius 3 is 2.61 bits per heavy atom. The Hall–Kier alpha value is -3.13. The molecule has 0 saturated carbocycles. The lowest BCUT2D eigenvalue weighted by Gasteiger charge is -2.23. The average Bonchev–Trinajstić information content (AvgIpc) is 2.66. The number of nitrogens with one attached hydrogen (secondary N) is 1. The summed E-state index contributed by atoms with van der Waals surface area (Å²) in [5.41, 5.74) is -0.476. The van der Waals surface area contributed by atoms with Gasteiger partial charge in [0.05, 0.1) is 34.8 Å². The van der Waals surface area contributed by atoms with E-state index in [1.807, 2.05) is 0 Å². The maximum atomic E-state index is 14.0. The van der Waals surface area contributed by atoms with Gasteiger partial charge in [-0.25, -0.2) is 14.2 Å². The fraction of sp³-hybridized carbons (Fsp3) is 0.318. The number of aromatic nitrogens is 2. The van der Waals surface area contributed by atoms with Crippen molar-refractivity contribution in [1.29, 1.82) is 0 Å². The van der Waals surface area contributed by atoms with Crippen LogP contribution in [0.4, 0.5) is 9.18 Å². The maximum absolute atomic E-state index is 14.0. The molecule has 1 atom stereocenters. The minimum Gasteiger partial charge on any atom is -0.494 e. The maximum Gasteiger partial charge on any atom is 0.408 e. The molecule has 7 nitrogen and oxygen atoms in total. The van der Waals surface area contributed by atoms with E-state index in [4.69, 9.17) is 21.1 Å². The van der Waals surface area contributed by atoms with Crippen LogP contribution in [-0.4, -0.2) is 28.4 Å². The van der Waals surface area contributed by atoms with Crippen LogP contribution >= 0.6 is 11.6 Å². The minimum atomic E-state index is -0.720. The Morgan fingerprint density at radius 1 is 1.26 bits per heavy atom. The third-order valence-electron chi connectivity index (χ3n) is 4.39. The van der Waals surface area contributed by atoms with Crippen LogP contribution in [0.3, 0.4) is 0 Å². The van der Waals surface area contributed by atoms with Crippen molar-refractivity contribution in [2.45, 2.75) is 39.3 Å². The smallest absolute Gasteiger partial charge is 0.408 e. The summed E-state index contributed by atoms with van der Waals surface area (Å²) >= 11 is 6.27. The molecule has 2 aromatic carbocycles. The third-order valence-corrected chi connectivity index (χ3v) is 4.70. The van der Waals surface area contributed by atoms with Crippen LogP contribution in [0.1, 0.15) is 39.6 Å². The fourth-order valence-electron chi connectivity index (χ4n) is 3.08. The fourth-order valence-corrected chi connectivity index (χ4v) is 3.33. The van der Waals surface area contributed by atoms with Gasteiger partial charge in [-0.05, 0) is 52.0 Å². The average molecular weight is 448 g/mol. The van der Waals surface area contributed by atoms with Gasteiger partial charge >= 0.3 is 6.09 Å². The lowest BCUT2D eigenvalue weighted by Crippen LogP contribution is -2.37. The lowest BCUT2D eigenvalue weighted by molar-refractivity contribution is 0.0505. The molecule has 3 aromatic rings. The number of hydrogen-bond acceptors (Lipinski definition) is 5. The molecule has 0 aliphatic rings. The lowest BCUT2D eigenvalue weighted by atomic mass is 10.2. The first-order chi connectivity index (χ1) is 14.5. The number of rotatable bonds is 4. The van der Waals surface area contributed by atoms with Gasteiger partial charge in [-0.15, -0.1) is 0 Å². The molecule has 1 amide bonds. The summed E-state index contributed by atoms with van der Waals surface area (Å²) in [4.78, 5) is 30.3. The van der Waals surface area contributed by atoms with Crippen LogP contribution in [0, 0.1) is 5.82 Å². The molecule has 164 valence electrons.